The Balaban J connectivity index is 0.000001000. The number of nitrogens with one attached hydrogen (secondary N) is 1. The monoisotopic (exact) mass is 172 g/mol. The van der Waals surface area contributed by atoms with Gasteiger partial charge in [0.2, 0.25) is 0 Å². The van der Waals surface area contributed by atoms with Crippen molar-refractivity contribution in [2.45, 2.75) is 0 Å². The highest BCUT2D eigenvalue weighted by molar-refractivity contribution is 5.94. The molecule has 0 atom stereocenters. The van der Waals surface area contributed by atoms with Crippen LogP contribution in [0.5, 0.6) is 5.75 Å². The van der Waals surface area contributed by atoms with Gasteiger partial charge in [0.25, 0.3) is 0 Å². The van der Waals surface area contributed by atoms with Gasteiger partial charge in [-0.25, -0.2) is 0 Å². The lowest BCUT2D eigenvalue weighted by Crippen LogP contribution is -2.10. The van der Waals surface area contributed by atoms with Crippen LogP contribution in [0.4, 0.5) is 0 Å². The summed E-state index contributed by atoms with van der Waals surface area (Å²) in [5.41, 5.74) is 5.79. The van der Waals surface area contributed by atoms with E-state index in [1.165, 1.54) is 12.1 Å². The zero-order valence-electron chi connectivity index (χ0n) is 5.74. The summed E-state index contributed by atoms with van der Waals surface area (Å²) in [5, 5.41) is 15.8. The Morgan fingerprint density at radius 2 is 1.73 bits per heavy atom. The fraction of sp³-hybridized carbons (Fsp3) is 0. The van der Waals surface area contributed by atoms with Crippen molar-refractivity contribution in [3.8, 4) is 5.75 Å². The molecule has 0 radical (unpaired) electrons. The zero-order valence-corrected chi connectivity index (χ0v) is 6.56. The van der Waals surface area contributed by atoms with E-state index < -0.39 is 0 Å². The van der Waals surface area contributed by atoms with E-state index in [-0.39, 0.29) is 24.0 Å². The van der Waals surface area contributed by atoms with Crippen molar-refractivity contribution < 1.29 is 5.11 Å². The van der Waals surface area contributed by atoms with Crippen molar-refractivity contribution >= 4 is 18.2 Å². The topological polar surface area (TPSA) is 70.1 Å². The van der Waals surface area contributed by atoms with Crippen molar-refractivity contribution in [3.05, 3.63) is 29.8 Å². The van der Waals surface area contributed by atoms with Gasteiger partial charge in [-0.2, -0.15) is 0 Å². The van der Waals surface area contributed by atoms with Gasteiger partial charge in [-0.3, -0.25) is 5.41 Å². The van der Waals surface area contributed by atoms with Gasteiger partial charge in [-0.15, -0.1) is 12.4 Å². The van der Waals surface area contributed by atoms with Crippen molar-refractivity contribution in [2.24, 2.45) is 5.73 Å². The second-order valence-corrected chi connectivity index (χ2v) is 1.96. The lowest BCUT2D eigenvalue weighted by atomic mass is 10.2. The van der Waals surface area contributed by atoms with Crippen molar-refractivity contribution in [2.75, 3.05) is 0 Å². The van der Waals surface area contributed by atoms with Crippen LogP contribution in [0.15, 0.2) is 24.3 Å². The molecule has 0 bridgehead atoms. The molecule has 0 amide bonds. The molecule has 0 aliphatic heterocycles. The third kappa shape index (κ3) is 2.47. The first-order chi connectivity index (χ1) is 4.70. The lowest BCUT2D eigenvalue weighted by molar-refractivity contribution is 0.475. The number of nitrogens with two attached hydrogens (primary N) is 1. The minimum Gasteiger partial charge on any atom is -0.508 e. The predicted octanol–water partition coefficient (Wildman–Crippen LogP) is 1.10. The van der Waals surface area contributed by atoms with E-state index in [9.17, 15) is 0 Å². The molecule has 60 valence electrons. The Morgan fingerprint density at radius 1 is 1.27 bits per heavy atom. The second-order valence-electron chi connectivity index (χ2n) is 1.96. The number of phenols is 1. The van der Waals surface area contributed by atoms with Crippen LogP contribution in [-0.2, 0) is 0 Å². The fourth-order valence-electron chi connectivity index (χ4n) is 0.641. The quantitative estimate of drug-likeness (QED) is 0.439. The minimum absolute atomic E-state index is 0. The number of hydrogen-bond acceptors (Lipinski definition) is 2. The van der Waals surface area contributed by atoms with E-state index in [4.69, 9.17) is 16.2 Å². The maximum absolute atomic E-state index is 8.83. The molecule has 1 aromatic rings. The van der Waals surface area contributed by atoms with E-state index in [0.29, 0.717) is 5.56 Å². The molecule has 4 N–H and O–H groups in total. The van der Waals surface area contributed by atoms with E-state index in [0.717, 1.165) is 0 Å². The summed E-state index contributed by atoms with van der Waals surface area (Å²) >= 11 is 0. The van der Waals surface area contributed by atoms with Gasteiger partial charge in [0.1, 0.15) is 11.6 Å². The molecule has 0 fully saturated rings. The van der Waals surface area contributed by atoms with Crippen LogP contribution in [0.1, 0.15) is 5.56 Å². The molecule has 3 nitrogen and oxygen atoms in total. The smallest absolute Gasteiger partial charge is 0.122 e. The van der Waals surface area contributed by atoms with Crippen LogP contribution in [0.25, 0.3) is 0 Å². The van der Waals surface area contributed by atoms with Crippen LogP contribution in [0.3, 0.4) is 0 Å². The summed E-state index contributed by atoms with van der Waals surface area (Å²) in [6, 6.07) is 6.18. The number of benzene rings is 1. The van der Waals surface area contributed by atoms with Crippen LogP contribution < -0.4 is 5.73 Å². The maximum Gasteiger partial charge on any atom is 0.122 e. The zero-order chi connectivity index (χ0) is 7.56. The SMILES string of the molecule is Cl.N=C(N)c1ccc(O)cc1. The summed E-state index contributed by atoms with van der Waals surface area (Å²) in [6.45, 7) is 0. The standard InChI is InChI=1S/C7H8N2O.ClH/c8-7(9)5-1-3-6(10)4-2-5;/h1-4,10H,(H3,8,9);1H. The first-order valence-electron chi connectivity index (χ1n) is 2.83. The summed E-state index contributed by atoms with van der Waals surface area (Å²) < 4.78 is 0. The molecular formula is C7H9ClN2O. The summed E-state index contributed by atoms with van der Waals surface area (Å²) in [5.74, 6) is 0.199. The summed E-state index contributed by atoms with van der Waals surface area (Å²) in [6.07, 6.45) is 0. The van der Waals surface area contributed by atoms with Crippen LogP contribution in [-0.4, -0.2) is 10.9 Å². The number of hydrogen-bond donors (Lipinski definition) is 3. The van der Waals surface area contributed by atoms with Crippen LogP contribution in [0, 0.1) is 5.41 Å². The highest BCUT2D eigenvalue weighted by atomic mass is 35.5. The molecule has 11 heavy (non-hydrogen) atoms. The molecular weight excluding hydrogens is 164 g/mol. The largest absolute Gasteiger partial charge is 0.508 e. The van der Waals surface area contributed by atoms with Crippen molar-refractivity contribution in [1.29, 1.82) is 5.41 Å². The Kier molecular flexibility index (Phi) is 3.40. The highest BCUT2D eigenvalue weighted by Gasteiger charge is 1.93. The van der Waals surface area contributed by atoms with Crippen LogP contribution >= 0.6 is 12.4 Å². The van der Waals surface area contributed by atoms with Crippen LogP contribution in [0.2, 0.25) is 0 Å². The lowest BCUT2D eigenvalue weighted by Gasteiger charge is -1.95. The number of nitrogen functional groups attached to an aromatic ring is 1. The van der Waals surface area contributed by atoms with Crippen molar-refractivity contribution in [3.63, 3.8) is 0 Å². The number of amidine groups is 1. The molecule has 1 rings (SSSR count). The molecule has 0 unspecified atom stereocenters. The molecule has 0 heterocycles. The van der Waals surface area contributed by atoms with Gasteiger partial charge in [0, 0.05) is 5.56 Å². The molecule has 0 saturated heterocycles. The molecule has 0 aliphatic rings. The maximum atomic E-state index is 8.83. The average Bonchev–Trinajstić information content (AvgIpc) is 1.88. The minimum atomic E-state index is 0. The first kappa shape index (κ1) is 9.78. The number of aromatic hydroxyl groups is 1. The van der Waals surface area contributed by atoms with Crippen molar-refractivity contribution in [1.82, 2.24) is 0 Å². The molecule has 1 aromatic carbocycles. The normalized spacial score (nSPS) is 8.36. The Bertz CT molecular complexity index is 245. The van der Waals surface area contributed by atoms with Gasteiger partial charge >= 0.3 is 0 Å². The summed E-state index contributed by atoms with van der Waals surface area (Å²) in [7, 11) is 0. The Hall–Kier alpha value is -1.22. The van der Waals surface area contributed by atoms with Gasteiger partial charge in [0.05, 0.1) is 0 Å². The van der Waals surface area contributed by atoms with Gasteiger partial charge in [-0.1, -0.05) is 0 Å². The van der Waals surface area contributed by atoms with Gasteiger partial charge in [0.15, 0.2) is 0 Å². The fourth-order valence-corrected chi connectivity index (χ4v) is 0.641. The first-order valence-corrected chi connectivity index (χ1v) is 2.83. The average molecular weight is 173 g/mol. The molecule has 0 aliphatic carbocycles. The molecule has 4 heteroatoms. The van der Waals surface area contributed by atoms with E-state index in [1.54, 1.807) is 12.1 Å². The van der Waals surface area contributed by atoms with Gasteiger partial charge in [-0.05, 0) is 24.3 Å². The van der Waals surface area contributed by atoms with E-state index in [2.05, 4.69) is 0 Å². The van der Waals surface area contributed by atoms with E-state index in [1.807, 2.05) is 0 Å². The Labute approximate surface area is 70.8 Å². The summed E-state index contributed by atoms with van der Waals surface area (Å²) in [4.78, 5) is 0. The number of rotatable bonds is 1. The number of halogens is 1. The molecule has 0 saturated carbocycles. The highest BCUT2D eigenvalue weighted by Crippen LogP contribution is 2.08. The third-order valence-electron chi connectivity index (χ3n) is 1.18. The third-order valence-corrected chi connectivity index (χ3v) is 1.18. The predicted molar refractivity (Wildman–Crippen MR) is 46.4 cm³/mol. The second kappa shape index (κ2) is 3.83. The number of phenolic OH excluding ortho intramolecular Hbond substituents is 1. The Morgan fingerprint density at radius 3 is 2.09 bits per heavy atom. The molecule has 0 spiro atoms. The van der Waals surface area contributed by atoms with Gasteiger partial charge < -0.3 is 10.8 Å². The molecule has 0 aromatic heterocycles. The van der Waals surface area contributed by atoms with E-state index >= 15 is 0 Å².